The van der Waals surface area contributed by atoms with E-state index in [0.717, 1.165) is 11.0 Å². The molecule has 0 aliphatic carbocycles. The molecule has 3 rings (SSSR count). The van der Waals surface area contributed by atoms with E-state index in [9.17, 15) is 0 Å². The summed E-state index contributed by atoms with van der Waals surface area (Å²) in [4.78, 5) is 8.51. The minimum atomic E-state index is -0.0109. The van der Waals surface area contributed by atoms with Gasteiger partial charge in [0.2, 0.25) is 0 Å². The van der Waals surface area contributed by atoms with E-state index in [-0.39, 0.29) is 10.0 Å². The van der Waals surface area contributed by atoms with E-state index in [2.05, 4.69) is 9.97 Å². The topological polar surface area (TPSA) is 44.2 Å². The molecule has 2 radical (unpaired) electrons. The first-order chi connectivity index (χ1) is 6.43. The fourth-order valence-corrected chi connectivity index (χ4v) is 1.67. The number of para-hydroxylation sites is 2. The molecular weight excluding hydrogens is 184 g/mol. The van der Waals surface area contributed by atoms with Crippen molar-refractivity contribution in [1.29, 1.82) is 0 Å². The average Bonchev–Trinajstić information content (AvgIpc) is 2.61. The van der Waals surface area contributed by atoms with Crippen LogP contribution in [0.5, 0.6) is 11.8 Å². The normalized spacial score (nSPS) is 13.5. The summed E-state index contributed by atoms with van der Waals surface area (Å²) < 4.78 is 10.3. The van der Waals surface area contributed by atoms with Gasteiger partial charge in [0, 0.05) is 0 Å². The number of aromatic nitrogens is 2. The second-order valence-electron chi connectivity index (χ2n) is 2.61. The van der Waals surface area contributed by atoms with Crippen molar-refractivity contribution < 1.29 is 8.85 Å². The molecule has 1 aromatic carbocycles. The largest absolute Gasteiger partial charge is 0.612 e. The molecule has 1 aromatic heterocycles. The average molecular weight is 188 g/mol. The van der Waals surface area contributed by atoms with Crippen LogP contribution in [0.1, 0.15) is 0 Å². The van der Waals surface area contributed by atoms with Crippen molar-refractivity contribution in [3.63, 3.8) is 0 Å². The van der Waals surface area contributed by atoms with Gasteiger partial charge in [0.15, 0.2) is 0 Å². The molecule has 0 bridgehead atoms. The summed E-state index contributed by atoms with van der Waals surface area (Å²) >= 11 is 0. The van der Waals surface area contributed by atoms with Gasteiger partial charge in [-0.15, -0.1) is 0 Å². The molecule has 2 heterocycles. The molecule has 2 aromatic rings. The number of rotatable bonds is 0. The highest BCUT2D eigenvalue weighted by Gasteiger charge is 2.20. The van der Waals surface area contributed by atoms with Gasteiger partial charge in [-0.1, -0.05) is 12.1 Å². The van der Waals surface area contributed by atoms with E-state index >= 15 is 0 Å². The van der Waals surface area contributed by atoms with Crippen LogP contribution in [-0.2, 0) is 0 Å². The Kier molecular flexibility index (Phi) is 1.28. The van der Waals surface area contributed by atoms with E-state index in [1.165, 1.54) is 0 Å². The summed E-state index contributed by atoms with van der Waals surface area (Å²) in [5.41, 5.74) is 1.66. The van der Waals surface area contributed by atoms with Crippen molar-refractivity contribution in [3.05, 3.63) is 24.3 Å². The van der Waals surface area contributed by atoms with Gasteiger partial charge < -0.3 is 8.85 Å². The maximum absolute atomic E-state index is 5.14. The third-order valence-electron chi connectivity index (χ3n) is 1.79. The van der Waals surface area contributed by atoms with Gasteiger partial charge in [-0.25, -0.2) is 9.97 Å². The molecule has 0 saturated heterocycles. The van der Waals surface area contributed by atoms with Crippen molar-refractivity contribution in [2.45, 2.75) is 0 Å². The fraction of sp³-hybridized carbons (Fsp3) is 0. The molecule has 0 saturated carbocycles. The SMILES string of the molecule is c1ccc2nc3c(nc2c1)O[Si]O3. The number of hydrogen-bond donors (Lipinski definition) is 0. The zero-order valence-corrected chi connectivity index (χ0v) is 7.52. The van der Waals surface area contributed by atoms with E-state index in [4.69, 9.17) is 8.85 Å². The number of hydrogen-bond acceptors (Lipinski definition) is 4. The van der Waals surface area contributed by atoms with Crippen molar-refractivity contribution in [1.82, 2.24) is 9.97 Å². The fourth-order valence-electron chi connectivity index (χ4n) is 1.20. The molecule has 0 fully saturated rings. The Hall–Kier alpha value is -1.62. The first-order valence-corrected chi connectivity index (χ1v) is 4.60. The Bertz CT molecular complexity index is 432. The first kappa shape index (κ1) is 6.85. The van der Waals surface area contributed by atoms with Crippen molar-refractivity contribution in [2.24, 2.45) is 0 Å². The first-order valence-electron chi connectivity index (χ1n) is 3.79. The molecule has 0 N–H and O–H groups in total. The molecule has 5 heteroatoms. The summed E-state index contributed by atoms with van der Waals surface area (Å²) in [6.45, 7) is 0. The zero-order valence-electron chi connectivity index (χ0n) is 6.52. The Morgan fingerprint density at radius 1 is 0.923 bits per heavy atom. The lowest BCUT2D eigenvalue weighted by Crippen LogP contribution is -2.00. The third-order valence-corrected chi connectivity index (χ3v) is 2.34. The maximum Gasteiger partial charge on any atom is 0.612 e. The summed E-state index contributed by atoms with van der Waals surface area (Å²) in [7, 11) is -0.0109. The lowest BCUT2D eigenvalue weighted by atomic mass is 10.3. The Labute approximate surface area is 76.6 Å². The van der Waals surface area contributed by atoms with Gasteiger partial charge in [-0.3, -0.25) is 0 Å². The van der Waals surface area contributed by atoms with Crippen LogP contribution in [0.3, 0.4) is 0 Å². The summed E-state index contributed by atoms with van der Waals surface area (Å²) in [5, 5.41) is 0. The lowest BCUT2D eigenvalue weighted by molar-refractivity contribution is 0.530. The van der Waals surface area contributed by atoms with Crippen LogP contribution in [0.2, 0.25) is 0 Å². The number of nitrogens with zero attached hydrogens (tertiary/aromatic N) is 2. The summed E-state index contributed by atoms with van der Waals surface area (Å²) in [6.07, 6.45) is 0. The third kappa shape index (κ3) is 0.972. The highest BCUT2D eigenvalue weighted by atomic mass is 28.3. The van der Waals surface area contributed by atoms with Gasteiger partial charge in [-0.05, 0) is 12.1 Å². The molecule has 0 amide bonds. The number of benzene rings is 1. The predicted molar refractivity (Wildman–Crippen MR) is 46.5 cm³/mol. The molecule has 0 spiro atoms. The standard InChI is InChI=1S/C8H4N2O2Si/c1-2-4-6-5(3-1)9-7-8(10-6)12-13-11-7/h1-4H. The quantitative estimate of drug-likeness (QED) is 0.577. The second-order valence-corrected chi connectivity index (χ2v) is 3.18. The molecule has 1 aliphatic rings. The van der Waals surface area contributed by atoms with Gasteiger partial charge in [0.1, 0.15) is 0 Å². The van der Waals surface area contributed by atoms with Gasteiger partial charge >= 0.3 is 10.0 Å². The van der Waals surface area contributed by atoms with Crippen LogP contribution in [-0.4, -0.2) is 20.0 Å². The molecule has 4 nitrogen and oxygen atoms in total. The number of fused-ring (bicyclic) bond motifs is 2. The van der Waals surface area contributed by atoms with Gasteiger partial charge in [0.25, 0.3) is 11.8 Å². The van der Waals surface area contributed by atoms with E-state index in [0.29, 0.717) is 11.8 Å². The van der Waals surface area contributed by atoms with E-state index in [1.54, 1.807) is 0 Å². The molecule has 0 atom stereocenters. The van der Waals surface area contributed by atoms with Crippen LogP contribution in [0.25, 0.3) is 11.0 Å². The van der Waals surface area contributed by atoms with E-state index < -0.39 is 0 Å². The highest BCUT2D eigenvalue weighted by Crippen LogP contribution is 2.28. The molecule has 1 aliphatic heterocycles. The minimum Gasteiger partial charge on any atom is -0.490 e. The van der Waals surface area contributed by atoms with Crippen LogP contribution >= 0.6 is 0 Å². The highest BCUT2D eigenvalue weighted by molar-refractivity contribution is 6.22. The zero-order chi connectivity index (χ0) is 8.67. The van der Waals surface area contributed by atoms with Crippen molar-refractivity contribution in [2.75, 3.05) is 0 Å². The Morgan fingerprint density at radius 2 is 1.46 bits per heavy atom. The molecular formula is C8H4N2O2Si. The van der Waals surface area contributed by atoms with Crippen molar-refractivity contribution >= 4 is 21.0 Å². The second kappa shape index (κ2) is 2.43. The summed E-state index contributed by atoms with van der Waals surface area (Å²) in [5.74, 6) is 0.995. The predicted octanol–water partition coefficient (Wildman–Crippen LogP) is 0.935. The maximum atomic E-state index is 5.14. The van der Waals surface area contributed by atoms with Gasteiger partial charge in [-0.2, -0.15) is 0 Å². The summed E-state index contributed by atoms with van der Waals surface area (Å²) in [6, 6.07) is 7.63. The molecule has 0 unspecified atom stereocenters. The molecule has 62 valence electrons. The minimum absolute atomic E-state index is 0.0109. The lowest BCUT2D eigenvalue weighted by Gasteiger charge is -1.98. The van der Waals surface area contributed by atoms with Crippen LogP contribution < -0.4 is 8.85 Å². The molecule has 13 heavy (non-hydrogen) atoms. The van der Waals surface area contributed by atoms with Crippen LogP contribution in [0, 0.1) is 0 Å². The van der Waals surface area contributed by atoms with Gasteiger partial charge in [0.05, 0.1) is 11.0 Å². The van der Waals surface area contributed by atoms with Crippen LogP contribution in [0.15, 0.2) is 24.3 Å². The Morgan fingerprint density at radius 3 is 2.00 bits per heavy atom. The van der Waals surface area contributed by atoms with E-state index in [1.807, 2.05) is 24.3 Å². The van der Waals surface area contributed by atoms with Crippen molar-refractivity contribution in [3.8, 4) is 11.8 Å². The smallest absolute Gasteiger partial charge is 0.490 e. The van der Waals surface area contributed by atoms with Crippen LogP contribution in [0.4, 0.5) is 0 Å². The monoisotopic (exact) mass is 188 g/mol. The Balaban J connectivity index is 2.36.